The molecule has 0 saturated heterocycles. The number of imidazole rings is 1. The summed E-state index contributed by atoms with van der Waals surface area (Å²) >= 11 is 1.69. The summed E-state index contributed by atoms with van der Waals surface area (Å²) < 4.78 is 7.46. The van der Waals surface area contributed by atoms with Gasteiger partial charge in [0, 0.05) is 10.6 Å². The third kappa shape index (κ3) is 3.00. The van der Waals surface area contributed by atoms with E-state index in [9.17, 15) is 4.79 Å². The molecule has 1 aliphatic heterocycles. The number of ether oxygens (including phenoxy) is 1. The van der Waals surface area contributed by atoms with E-state index in [-0.39, 0.29) is 12.0 Å². The number of anilines is 1. The number of esters is 1. The average molecular weight is 379 g/mol. The molecule has 27 heavy (non-hydrogen) atoms. The second-order valence-electron chi connectivity index (χ2n) is 6.35. The number of rotatable bonds is 4. The second-order valence-corrected chi connectivity index (χ2v) is 7.23. The number of carbonyl (C=O) groups excluding carboxylic acids is 1. The highest BCUT2D eigenvalue weighted by Crippen LogP contribution is 2.39. The summed E-state index contributed by atoms with van der Waals surface area (Å²) in [5, 5.41) is 3.29. The molecule has 2 aromatic carbocycles. The first-order chi connectivity index (χ1) is 13.1. The van der Waals surface area contributed by atoms with Crippen LogP contribution in [0, 0.1) is 0 Å². The predicted octanol–water partition coefficient (Wildman–Crippen LogP) is 4.61. The second kappa shape index (κ2) is 7.12. The molecule has 0 saturated carbocycles. The summed E-state index contributed by atoms with van der Waals surface area (Å²) in [7, 11) is 0. The molecule has 4 rings (SSSR count). The highest BCUT2D eigenvalue weighted by Gasteiger charge is 2.34. The van der Waals surface area contributed by atoms with Crippen LogP contribution in [-0.2, 0) is 9.53 Å². The highest BCUT2D eigenvalue weighted by atomic mass is 32.2. The fourth-order valence-electron chi connectivity index (χ4n) is 3.54. The minimum atomic E-state index is -0.301. The van der Waals surface area contributed by atoms with Crippen LogP contribution in [0.5, 0.6) is 0 Å². The van der Waals surface area contributed by atoms with Crippen molar-refractivity contribution in [2.75, 3.05) is 18.2 Å². The molecule has 0 fully saturated rings. The van der Waals surface area contributed by atoms with E-state index in [0.29, 0.717) is 12.2 Å². The Labute approximate surface area is 162 Å². The maximum absolute atomic E-state index is 12.8. The number of thioether (sulfide) groups is 1. The molecular weight excluding hydrogens is 358 g/mol. The van der Waals surface area contributed by atoms with Crippen LogP contribution >= 0.6 is 11.8 Å². The fraction of sp³-hybridized carbons (Fsp3) is 0.238. The molecule has 0 spiro atoms. The van der Waals surface area contributed by atoms with Gasteiger partial charge in [-0.25, -0.2) is 9.78 Å². The third-order valence-electron chi connectivity index (χ3n) is 4.76. The van der Waals surface area contributed by atoms with E-state index >= 15 is 0 Å². The first-order valence-electron chi connectivity index (χ1n) is 8.90. The maximum Gasteiger partial charge on any atom is 0.338 e. The van der Waals surface area contributed by atoms with Crippen molar-refractivity contribution in [2.24, 2.45) is 0 Å². The first-order valence-corrected chi connectivity index (χ1v) is 10.1. The Bertz CT molecular complexity index is 1040. The SMILES string of the molecule is CCOC(=O)C1=C(C)Nc2nc3ccccc3n2C1c1ccc(SC)cc1. The van der Waals surface area contributed by atoms with Gasteiger partial charge in [-0.2, -0.15) is 0 Å². The Morgan fingerprint density at radius 2 is 1.96 bits per heavy atom. The summed E-state index contributed by atoms with van der Waals surface area (Å²) in [6.45, 7) is 4.06. The van der Waals surface area contributed by atoms with Crippen LogP contribution in [0.1, 0.15) is 25.5 Å². The van der Waals surface area contributed by atoms with Gasteiger partial charge in [0.1, 0.15) is 0 Å². The van der Waals surface area contributed by atoms with Gasteiger partial charge in [0.2, 0.25) is 5.95 Å². The highest BCUT2D eigenvalue weighted by molar-refractivity contribution is 7.98. The molecule has 6 heteroatoms. The van der Waals surface area contributed by atoms with Crippen LogP contribution in [0.15, 0.2) is 64.7 Å². The van der Waals surface area contributed by atoms with Crippen LogP contribution < -0.4 is 5.32 Å². The lowest BCUT2D eigenvalue weighted by Crippen LogP contribution is -2.29. The first kappa shape index (κ1) is 17.7. The quantitative estimate of drug-likeness (QED) is 0.530. The van der Waals surface area contributed by atoms with Crippen molar-refractivity contribution in [1.82, 2.24) is 9.55 Å². The minimum absolute atomic E-state index is 0.288. The summed E-state index contributed by atoms with van der Waals surface area (Å²) in [6, 6.07) is 16.0. The standard InChI is InChI=1S/C21H21N3O2S/c1-4-26-20(25)18-13(2)22-21-23-16-7-5-6-8-17(16)24(21)19(18)14-9-11-15(27-3)12-10-14/h5-12,19H,4H2,1-3H3,(H,22,23). The molecule has 1 atom stereocenters. The number of aromatic nitrogens is 2. The largest absolute Gasteiger partial charge is 0.463 e. The monoisotopic (exact) mass is 379 g/mol. The molecule has 1 N–H and O–H groups in total. The molecular formula is C21H21N3O2S. The smallest absolute Gasteiger partial charge is 0.338 e. The Balaban J connectivity index is 1.94. The van der Waals surface area contributed by atoms with Crippen molar-refractivity contribution in [1.29, 1.82) is 0 Å². The van der Waals surface area contributed by atoms with Crippen molar-refractivity contribution in [3.63, 3.8) is 0 Å². The zero-order chi connectivity index (χ0) is 19.0. The Morgan fingerprint density at radius 1 is 1.22 bits per heavy atom. The number of carbonyl (C=O) groups is 1. The van der Waals surface area contributed by atoms with E-state index in [1.807, 2.05) is 38.1 Å². The van der Waals surface area contributed by atoms with Gasteiger partial charge in [-0.3, -0.25) is 4.57 Å². The van der Waals surface area contributed by atoms with Crippen LogP contribution in [0.25, 0.3) is 11.0 Å². The number of hydrogen-bond donors (Lipinski definition) is 1. The van der Waals surface area contributed by atoms with Crippen LogP contribution in [0.3, 0.4) is 0 Å². The molecule has 1 aromatic heterocycles. The Morgan fingerprint density at radius 3 is 2.67 bits per heavy atom. The lowest BCUT2D eigenvalue weighted by Gasteiger charge is -2.30. The maximum atomic E-state index is 12.8. The van der Waals surface area contributed by atoms with Crippen molar-refractivity contribution in [3.05, 3.63) is 65.4 Å². The summed E-state index contributed by atoms with van der Waals surface area (Å²) in [6.07, 6.45) is 2.05. The third-order valence-corrected chi connectivity index (χ3v) is 5.50. The van der Waals surface area contributed by atoms with Gasteiger partial charge in [-0.1, -0.05) is 24.3 Å². The van der Waals surface area contributed by atoms with E-state index in [0.717, 1.165) is 28.2 Å². The number of hydrogen-bond acceptors (Lipinski definition) is 5. The summed E-state index contributed by atoms with van der Waals surface area (Å²) in [5.41, 5.74) is 4.29. The van der Waals surface area contributed by atoms with Crippen molar-refractivity contribution >= 4 is 34.7 Å². The number of nitrogens with one attached hydrogen (secondary N) is 1. The Hall–Kier alpha value is -2.73. The average Bonchev–Trinajstić information content (AvgIpc) is 3.05. The van der Waals surface area contributed by atoms with Crippen molar-refractivity contribution in [3.8, 4) is 0 Å². The molecule has 1 unspecified atom stereocenters. The topological polar surface area (TPSA) is 56.1 Å². The number of allylic oxidation sites excluding steroid dienone is 1. The van der Waals surface area contributed by atoms with Gasteiger partial charge in [0.15, 0.2) is 0 Å². The van der Waals surface area contributed by atoms with E-state index < -0.39 is 0 Å². The van der Waals surface area contributed by atoms with E-state index in [4.69, 9.17) is 9.72 Å². The van der Waals surface area contributed by atoms with E-state index in [2.05, 4.69) is 40.4 Å². The van der Waals surface area contributed by atoms with Gasteiger partial charge in [0.05, 0.1) is 29.3 Å². The minimum Gasteiger partial charge on any atom is -0.463 e. The fourth-order valence-corrected chi connectivity index (χ4v) is 3.95. The normalized spacial score (nSPS) is 16.2. The van der Waals surface area contributed by atoms with Crippen molar-refractivity contribution in [2.45, 2.75) is 24.8 Å². The number of para-hydroxylation sites is 2. The molecule has 0 aliphatic carbocycles. The van der Waals surface area contributed by atoms with E-state index in [1.54, 1.807) is 11.8 Å². The number of benzene rings is 2. The molecule has 2 heterocycles. The van der Waals surface area contributed by atoms with E-state index in [1.165, 1.54) is 4.90 Å². The summed E-state index contributed by atoms with van der Waals surface area (Å²) in [4.78, 5) is 18.7. The lowest BCUT2D eigenvalue weighted by atomic mass is 9.95. The molecule has 3 aromatic rings. The molecule has 0 bridgehead atoms. The molecule has 5 nitrogen and oxygen atoms in total. The van der Waals surface area contributed by atoms with Crippen LogP contribution in [-0.4, -0.2) is 28.4 Å². The predicted molar refractivity (Wildman–Crippen MR) is 109 cm³/mol. The molecule has 0 amide bonds. The molecule has 1 aliphatic rings. The zero-order valence-corrected chi connectivity index (χ0v) is 16.3. The zero-order valence-electron chi connectivity index (χ0n) is 15.5. The number of nitrogens with zero attached hydrogens (tertiary/aromatic N) is 2. The molecule has 138 valence electrons. The van der Waals surface area contributed by atoms with Gasteiger partial charge in [-0.15, -0.1) is 11.8 Å². The van der Waals surface area contributed by atoms with Gasteiger partial charge in [-0.05, 0) is 49.9 Å². The van der Waals surface area contributed by atoms with Gasteiger partial charge >= 0.3 is 5.97 Å². The van der Waals surface area contributed by atoms with Crippen LogP contribution in [0.4, 0.5) is 5.95 Å². The molecule has 0 radical (unpaired) electrons. The van der Waals surface area contributed by atoms with Gasteiger partial charge < -0.3 is 10.1 Å². The van der Waals surface area contributed by atoms with Crippen molar-refractivity contribution < 1.29 is 9.53 Å². The van der Waals surface area contributed by atoms with Crippen LogP contribution in [0.2, 0.25) is 0 Å². The summed E-state index contributed by atoms with van der Waals surface area (Å²) in [5.74, 6) is 0.436. The number of fused-ring (bicyclic) bond motifs is 3. The van der Waals surface area contributed by atoms with Gasteiger partial charge in [0.25, 0.3) is 0 Å². The lowest BCUT2D eigenvalue weighted by molar-refractivity contribution is -0.139. The Kier molecular flexibility index (Phi) is 4.66.